The Hall–Kier alpha value is -0.850. The van der Waals surface area contributed by atoms with Gasteiger partial charge in [-0.3, -0.25) is 4.79 Å². The van der Waals surface area contributed by atoms with Crippen LogP contribution in [0.5, 0.6) is 0 Å². The van der Waals surface area contributed by atoms with Gasteiger partial charge in [-0.05, 0) is 25.7 Å². The van der Waals surface area contributed by atoms with Gasteiger partial charge in [0.05, 0.1) is 12.7 Å². The second kappa shape index (κ2) is 10.8. The second-order valence-corrected chi connectivity index (χ2v) is 5.15. The lowest BCUT2D eigenvalue weighted by atomic mass is 9.85. The summed E-state index contributed by atoms with van der Waals surface area (Å²) in [4.78, 5) is 23.1. The maximum atomic E-state index is 11.8. The van der Waals surface area contributed by atoms with Crippen LogP contribution in [0.4, 0.5) is 0 Å². The smallest absolute Gasteiger partial charge is 0.332 e. The number of nitrogens with one attached hydrogen (secondary N) is 1. The van der Waals surface area contributed by atoms with Gasteiger partial charge < -0.3 is 20.5 Å². The summed E-state index contributed by atoms with van der Waals surface area (Å²) in [7, 11) is 1.65. The van der Waals surface area contributed by atoms with Crippen molar-refractivity contribution in [1.29, 1.82) is 0 Å². The van der Waals surface area contributed by atoms with Gasteiger partial charge in [0.2, 0.25) is 5.91 Å². The number of esters is 1. The summed E-state index contributed by atoms with van der Waals surface area (Å²) in [5.74, 6) is -0.745. The van der Waals surface area contributed by atoms with Crippen LogP contribution in [0, 0.1) is 5.92 Å². The third-order valence-corrected chi connectivity index (χ3v) is 3.78. The molecule has 3 N–H and O–H groups in total. The van der Waals surface area contributed by atoms with E-state index in [0.29, 0.717) is 12.5 Å². The zero-order valence-electron chi connectivity index (χ0n) is 12.8. The van der Waals surface area contributed by atoms with Gasteiger partial charge in [0.15, 0.2) is 6.04 Å². The van der Waals surface area contributed by atoms with Crippen molar-refractivity contribution in [1.82, 2.24) is 5.32 Å². The van der Waals surface area contributed by atoms with Crippen LogP contribution in [0.3, 0.4) is 0 Å². The lowest BCUT2D eigenvalue weighted by Crippen LogP contribution is -2.49. The molecule has 2 atom stereocenters. The molecule has 0 aromatic carbocycles. The Kier molecular flexibility index (Phi) is 10.4. The first-order valence-electron chi connectivity index (χ1n) is 7.32. The highest BCUT2D eigenvalue weighted by Gasteiger charge is 2.27. The zero-order valence-corrected chi connectivity index (χ0v) is 13.6. The first-order valence-corrected chi connectivity index (χ1v) is 7.32. The van der Waals surface area contributed by atoms with Crippen molar-refractivity contribution in [2.24, 2.45) is 11.7 Å². The summed E-state index contributed by atoms with van der Waals surface area (Å²) in [6.45, 7) is 2.27. The number of carbonyl (C=O) groups is 2. The quantitative estimate of drug-likeness (QED) is 0.539. The molecule has 0 bridgehead atoms. The molecule has 1 aliphatic carbocycles. The maximum absolute atomic E-state index is 11.8. The van der Waals surface area contributed by atoms with Crippen molar-refractivity contribution in [3.8, 4) is 0 Å². The summed E-state index contributed by atoms with van der Waals surface area (Å²) in [5.41, 5.74) is 5.53. The monoisotopic (exact) mass is 322 g/mol. The largest absolute Gasteiger partial charge is 0.464 e. The molecule has 0 aliphatic heterocycles. The molecule has 1 amide bonds. The molecule has 1 fully saturated rings. The molecule has 1 aliphatic rings. The molecule has 2 unspecified atom stereocenters. The van der Waals surface area contributed by atoms with Gasteiger partial charge >= 0.3 is 5.97 Å². The van der Waals surface area contributed by atoms with E-state index in [4.69, 9.17) is 15.2 Å². The Morgan fingerprint density at radius 3 is 2.43 bits per heavy atom. The van der Waals surface area contributed by atoms with E-state index < -0.39 is 17.9 Å². The van der Waals surface area contributed by atoms with Crippen molar-refractivity contribution >= 4 is 24.3 Å². The Morgan fingerprint density at radius 1 is 1.29 bits per heavy atom. The number of nitrogens with two attached hydrogens (primary N) is 1. The molecule has 7 heteroatoms. The lowest BCUT2D eigenvalue weighted by Gasteiger charge is -2.29. The molecule has 21 heavy (non-hydrogen) atoms. The minimum absolute atomic E-state index is 0. The van der Waals surface area contributed by atoms with E-state index in [-0.39, 0.29) is 25.1 Å². The van der Waals surface area contributed by atoms with Crippen LogP contribution in [-0.2, 0) is 19.1 Å². The molecule has 0 aromatic heterocycles. The Morgan fingerprint density at radius 2 is 1.90 bits per heavy atom. The first kappa shape index (κ1) is 20.1. The highest BCUT2D eigenvalue weighted by Crippen LogP contribution is 2.27. The van der Waals surface area contributed by atoms with Crippen LogP contribution in [0.1, 0.15) is 39.0 Å². The number of amides is 1. The summed E-state index contributed by atoms with van der Waals surface area (Å²) >= 11 is 0. The molecule has 0 aromatic rings. The van der Waals surface area contributed by atoms with Crippen LogP contribution in [0.2, 0.25) is 0 Å². The van der Waals surface area contributed by atoms with E-state index in [1.54, 1.807) is 14.0 Å². The van der Waals surface area contributed by atoms with Gasteiger partial charge in [-0.25, -0.2) is 4.79 Å². The number of carbonyl (C=O) groups excluding carboxylic acids is 2. The van der Waals surface area contributed by atoms with Crippen molar-refractivity contribution < 1.29 is 19.1 Å². The highest BCUT2D eigenvalue weighted by molar-refractivity contribution is 6.01. The van der Waals surface area contributed by atoms with E-state index >= 15 is 0 Å². The van der Waals surface area contributed by atoms with Crippen molar-refractivity contribution in [3.05, 3.63) is 0 Å². The van der Waals surface area contributed by atoms with Crippen LogP contribution >= 0.6 is 12.4 Å². The molecule has 0 radical (unpaired) electrons. The van der Waals surface area contributed by atoms with E-state index in [1.807, 2.05) is 0 Å². The van der Waals surface area contributed by atoms with E-state index in [2.05, 4.69) is 5.32 Å². The number of methoxy groups -OCH3 is 1. The zero-order chi connectivity index (χ0) is 15.0. The third kappa shape index (κ3) is 6.63. The van der Waals surface area contributed by atoms with Crippen molar-refractivity contribution in [2.45, 2.75) is 51.2 Å². The number of rotatable bonds is 7. The van der Waals surface area contributed by atoms with Crippen LogP contribution in [-0.4, -0.2) is 44.3 Å². The fourth-order valence-corrected chi connectivity index (χ4v) is 2.60. The molecule has 1 saturated carbocycles. The number of hydrogen-bond acceptors (Lipinski definition) is 5. The summed E-state index contributed by atoms with van der Waals surface area (Å²) in [5, 5.41) is 2.68. The average molecular weight is 323 g/mol. The number of ether oxygens (including phenoxy) is 2. The lowest BCUT2D eigenvalue weighted by molar-refractivity contribution is -0.148. The minimum atomic E-state index is -1.26. The standard InChI is InChI=1S/C14H26N2O4.ClH/c1-3-20-14(18)12(15)13(17)16-9-11(19-2)10-7-5-4-6-8-10;/h10-12H,3-9,15H2,1-2H3,(H,16,17);1H. The molecule has 1 rings (SSSR count). The number of hydrogen-bond donors (Lipinski definition) is 2. The molecular formula is C14H27ClN2O4. The van der Waals surface area contributed by atoms with Crippen LogP contribution < -0.4 is 11.1 Å². The molecule has 0 saturated heterocycles. The van der Waals surface area contributed by atoms with Crippen molar-refractivity contribution in [3.63, 3.8) is 0 Å². The summed E-state index contributed by atoms with van der Waals surface area (Å²) in [6.07, 6.45) is 5.92. The fraction of sp³-hybridized carbons (Fsp3) is 0.857. The SMILES string of the molecule is CCOC(=O)C(N)C(=O)NCC(OC)C1CCCCC1.Cl. The van der Waals surface area contributed by atoms with Gasteiger partial charge in [-0.15, -0.1) is 12.4 Å². The number of halogens is 1. The van der Waals surface area contributed by atoms with Gasteiger partial charge in [0.25, 0.3) is 0 Å². The van der Waals surface area contributed by atoms with E-state index in [0.717, 1.165) is 12.8 Å². The molecule has 0 heterocycles. The predicted octanol–water partition coefficient (Wildman–Crippen LogP) is 1.01. The highest BCUT2D eigenvalue weighted by atomic mass is 35.5. The Balaban J connectivity index is 0.00000400. The molecule has 6 nitrogen and oxygen atoms in total. The normalized spacial score (nSPS) is 18.2. The van der Waals surface area contributed by atoms with Crippen molar-refractivity contribution in [2.75, 3.05) is 20.3 Å². The van der Waals surface area contributed by atoms with E-state index in [9.17, 15) is 9.59 Å². The second-order valence-electron chi connectivity index (χ2n) is 5.15. The first-order chi connectivity index (χ1) is 9.60. The molecule has 0 spiro atoms. The summed E-state index contributed by atoms with van der Waals surface area (Å²) in [6, 6.07) is -1.26. The molecule has 124 valence electrons. The van der Waals surface area contributed by atoms with E-state index in [1.165, 1.54) is 19.3 Å². The third-order valence-electron chi connectivity index (χ3n) is 3.78. The molecular weight excluding hydrogens is 296 g/mol. The Bertz CT molecular complexity index is 322. The topological polar surface area (TPSA) is 90.7 Å². The van der Waals surface area contributed by atoms with Crippen LogP contribution in [0.15, 0.2) is 0 Å². The minimum Gasteiger partial charge on any atom is -0.464 e. The average Bonchev–Trinajstić information content (AvgIpc) is 2.48. The predicted molar refractivity (Wildman–Crippen MR) is 82.2 cm³/mol. The van der Waals surface area contributed by atoms with Gasteiger partial charge in [-0.1, -0.05) is 19.3 Å². The maximum Gasteiger partial charge on any atom is 0.332 e. The fourth-order valence-electron chi connectivity index (χ4n) is 2.60. The van der Waals surface area contributed by atoms with Crippen LogP contribution in [0.25, 0.3) is 0 Å². The Labute approximate surface area is 132 Å². The van der Waals surface area contributed by atoms with Gasteiger partial charge in [0.1, 0.15) is 0 Å². The summed E-state index contributed by atoms with van der Waals surface area (Å²) < 4.78 is 10.2. The van der Waals surface area contributed by atoms with Gasteiger partial charge in [0, 0.05) is 13.7 Å². The van der Waals surface area contributed by atoms with Gasteiger partial charge in [-0.2, -0.15) is 0 Å².